The molecule has 0 atom stereocenters. The first kappa shape index (κ1) is 18.1. The number of nitrogens with zero attached hydrogens (tertiary/aromatic N) is 1. The van der Waals surface area contributed by atoms with E-state index in [1.54, 1.807) is 0 Å². The molecule has 0 unspecified atom stereocenters. The largest absolute Gasteiger partial charge is 0.360 e. The molecule has 0 spiro atoms. The molecule has 2 aromatic carbocycles. The van der Waals surface area contributed by atoms with Gasteiger partial charge in [0, 0.05) is 17.9 Å². The minimum absolute atomic E-state index is 0.00218. The van der Waals surface area contributed by atoms with Gasteiger partial charge in [-0.05, 0) is 36.8 Å². The van der Waals surface area contributed by atoms with Crippen LogP contribution in [0, 0.1) is 30.2 Å². The molecule has 0 bridgehead atoms. The van der Waals surface area contributed by atoms with E-state index in [9.17, 15) is 26.0 Å². The maximum Gasteiger partial charge on any atom is 0.181 e. The number of aromatic nitrogens is 1. The van der Waals surface area contributed by atoms with Crippen molar-refractivity contribution in [3.63, 3.8) is 0 Å². The number of hydrogen-bond acceptors (Lipinski definition) is 4. The van der Waals surface area contributed by atoms with Crippen molar-refractivity contribution in [2.45, 2.75) is 11.8 Å². The summed E-state index contributed by atoms with van der Waals surface area (Å²) >= 11 is 0. The molecule has 4 nitrogen and oxygen atoms in total. The fourth-order valence-electron chi connectivity index (χ4n) is 2.66. The van der Waals surface area contributed by atoms with Gasteiger partial charge in [-0.2, -0.15) is 0 Å². The van der Waals surface area contributed by atoms with Gasteiger partial charge in [0.25, 0.3) is 0 Å². The van der Waals surface area contributed by atoms with Gasteiger partial charge in [-0.15, -0.1) is 0 Å². The maximum absolute atomic E-state index is 14.2. The van der Waals surface area contributed by atoms with Crippen molar-refractivity contribution in [2.75, 3.05) is 6.26 Å². The molecular formula is C17H11F4NO3S. The molecule has 0 radical (unpaired) electrons. The van der Waals surface area contributed by atoms with Crippen LogP contribution in [0.3, 0.4) is 0 Å². The van der Waals surface area contributed by atoms with Crippen LogP contribution < -0.4 is 0 Å². The Morgan fingerprint density at radius 2 is 1.42 bits per heavy atom. The van der Waals surface area contributed by atoms with Crippen LogP contribution in [-0.2, 0) is 9.84 Å². The second kappa shape index (κ2) is 6.24. The molecule has 0 N–H and O–H groups in total. The molecule has 1 aromatic heterocycles. The molecule has 0 aliphatic rings. The highest BCUT2D eigenvalue weighted by atomic mass is 32.2. The second-order valence-electron chi connectivity index (χ2n) is 5.66. The highest BCUT2D eigenvalue weighted by Crippen LogP contribution is 2.36. The zero-order valence-corrected chi connectivity index (χ0v) is 14.3. The molecule has 0 saturated carbocycles. The van der Waals surface area contributed by atoms with Crippen LogP contribution in [0.15, 0.2) is 39.8 Å². The Labute approximate surface area is 146 Å². The molecule has 26 heavy (non-hydrogen) atoms. The van der Waals surface area contributed by atoms with Crippen LogP contribution in [0.4, 0.5) is 17.6 Å². The fraction of sp³-hybridized carbons (Fsp3) is 0.118. The van der Waals surface area contributed by atoms with Crippen LogP contribution in [0.2, 0.25) is 0 Å². The zero-order valence-electron chi connectivity index (χ0n) is 13.5. The van der Waals surface area contributed by atoms with Crippen molar-refractivity contribution in [3.05, 3.63) is 59.4 Å². The van der Waals surface area contributed by atoms with Gasteiger partial charge in [0.15, 0.2) is 9.84 Å². The van der Waals surface area contributed by atoms with Crippen LogP contribution >= 0.6 is 0 Å². The van der Waals surface area contributed by atoms with E-state index >= 15 is 0 Å². The summed E-state index contributed by atoms with van der Waals surface area (Å²) in [5.41, 5.74) is -0.0205. The highest BCUT2D eigenvalue weighted by molar-refractivity contribution is 7.90. The highest BCUT2D eigenvalue weighted by Gasteiger charge is 2.24. The topological polar surface area (TPSA) is 60.2 Å². The summed E-state index contributed by atoms with van der Waals surface area (Å²) in [4.78, 5) is -1.06. The van der Waals surface area contributed by atoms with E-state index in [1.807, 2.05) is 0 Å². The molecule has 1 heterocycles. The molecule has 136 valence electrons. The first-order chi connectivity index (χ1) is 12.1. The number of hydrogen-bond donors (Lipinski definition) is 0. The fourth-order valence-corrected chi connectivity index (χ4v) is 3.48. The number of rotatable bonds is 3. The van der Waals surface area contributed by atoms with Crippen LogP contribution in [-0.4, -0.2) is 19.8 Å². The lowest BCUT2D eigenvalue weighted by atomic mass is 9.99. The number of aryl methyl sites for hydroxylation is 1. The van der Waals surface area contributed by atoms with Gasteiger partial charge < -0.3 is 4.52 Å². The molecule has 0 amide bonds. The summed E-state index contributed by atoms with van der Waals surface area (Å²) in [6.07, 6.45) is 0.680. The minimum Gasteiger partial charge on any atom is -0.360 e. The van der Waals surface area contributed by atoms with E-state index in [-0.39, 0.29) is 28.1 Å². The third-order valence-electron chi connectivity index (χ3n) is 3.66. The summed E-state index contributed by atoms with van der Waals surface area (Å²) in [5, 5.41) is 3.70. The van der Waals surface area contributed by atoms with E-state index in [1.165, 1.54) is 6.92 Å². The van der Waals surface area contributed by atoms with Crippen molar-refractivity contribution in [2.24, 2.45) is 0 Å². The third-order valence-corrected chi connectivity index (χ3v) is 4.79. The van der Waals surface area contributed by atoms with E-state index < -0.39 is 38.0 Å². The second-order valence-corrected chi connectivity index (χ2v) is 7.61. The Morgan fingerprint density at radius 3 is 1.92 bits per heavy atom. The molecule has 3 rings (SSSR count). The van der Waals surface area contributed by atoms with Gasteiger partial charge in [-0.1, -0.05) is 5.16 Å². The molecule has 0 aliphatic carbocycles. The Morgan fingerprint density at radius 1 is 0.885 bits per heavy atom. The lowest BCUT2D eigenvalue weighted by molar-refractivity contribution is 0.400. The first-order valence-electron chi connectivity index (χ1n) is 7.20. The molecular weight excluding hydrogens is 374 g/mol. The quantitative estimate of drug-likeness (QED) is 0.632. The number of halogens is 4. The lowest BCUT2D eigenvalue weighted by Gasteiger charge is -2.08. The normalized spacial score (nSPS) is 11.8. The van der Waals surface area contributed by atoms with E-state index in [2.05, 4.69) is 5.16 Å². The Hall–Kier alpha value is -2.68. The maximum atomic E-state index is 14.2. The minimum atomic E-state index is -4.12. The summed E-state index contributed by atoms with van der Waals surface area (Å²) < 4.78 is 83.4. The van der Waals surface area contributed by atoms with Gasteiger partial charge in [0.05, 0.1) is 5.56 Å². The number of benzene rings is 2. The summed E-state index contributed by atoms with van der Waals surface area (Å²) in [6.45, 7) is 1.45. The van der Waals surface area contributed by atoms with Crippen LogP contribution in [0.1, 0.15) is 5.76 Å². The van der Waals surface area contributed by atoms with Crippen molar-refractivity contribution in [3.8, 4) is 22.4 Å². The van der Waals surface area contributed by atoms with E-state index in [0.717, 1.165) is 24.3 Å². The van der Waals surface area contributed by atoms with E-state index in [4.69, 9.17) is 4.52 Å². The molecule has 3 aromatic rings. The van der Waals surface area contributed by atoms with Crippen molar-refractivity contribution in [1.82, 2.24) is 5.16 Å². The smallest absolute Gasteiger partial charge is 0.181 e. The lowest BCUT2D eigenvalue weighted by Crippen LogP contribution is -2.05. The predicted octanol–water partition coefficient (Wildman–Crippen LogP) is 4.28. The van der Waals surface area contributed by atoms with Gasteiger partial charge in [0.1, 0.15) is 39.6 Å². The summed E-state index contributed by atoms with van der Waals surface area (Å²) in [5.74, 6) is -4.18. The Bertz CT molecular complexity index is 1080. The van der Waals surface area contributed by atoms with Crippen molar-refractivity contribution >= 4 is 9.84 Å². The third kappa shape index (κ3) is 3.22. The van der Waals surface area contributed by atoms with Gasteiger partial charge in [-0.3, -0.25) is 0 Å². The average Bonchev–Trinajstić information content (AvgIpc) is 2.85. The molecule has 0 fully saturated rings. The molecule has 0 saturated heterocycles. The van der Waals surface area contributed by atoms with Crippen LogP contribution in [0.25, 0.3) is 22.4 Å². The average molecular weight is 385 g/mol. The standard InChI is InChI=1S/C17H11F4NO3S/c1-8-15(9-5-13(20)17(14(21)6-9)26(2,23)24)16(22-25-8)10-3-11(18)7-12(19)4-10/h3-7H,1-2H3. The molecule has 9 heteroatoms. The Kier molecular flexibility index (Phi) is 4.35. The monoisotopic (exact) mass is 385 g/mol. The summed E-state index contributed by atoms with van der Waals surface area (Å²) in [7, 11) is -4.12. The predicted molar refractivity (Wildman–Crippen MR) is 85.1 cm³/mol. The molecule has 0 aliphatic heterocycles. The van der Waals surface area contributed by atoms with E-state index in [0.29, 0.717) is 12.3 Å². The Balaban J connectivity index is 2.25. The van der Waals surface area contributed by atoms with Crippen LogP contribution in [0.5, 0.6) is 0 Å². The first-order valence-corrected chi connectivity index (χ1v) is 9.09. The zero-order chi connectivity index (χ0) is 19.2. The van der Waals surface area contributed by atoms with Crippen molar-refractivity contribution < 1.29 is 30.5 Å². The number of sulfone groups is 1. The summed E-state index contributed by atoms with van der Waals surface area (Å²) in [6, 6.07) is 4.25. The van der Waals surface area contributed by atoms with Crippen molar-refractivity contribution in [1.29, 1.82) is 0 Å². The van der Waals surface area contributed by atoms with Gasteiger partial charge >= 0.3 is 0 Å². The van der Waals surface area contributed by atoms with Gasteiger partial charge in [0.2, 0.25) is 0 Å². The SMILES string of the molecule is Cc1onc(-c2cc(F)cc(F)c2)c1-c1cc(F)c(S(C)(=O)=O)c(F)c1. The van der Waals surface area contributed by atoms with Gasteiger partial charge in [-0.25, -0.2) is 26.0 Å².